The lowest BCUT2D eigenvalue weighted by Gasteiger charge is -2.09. The van der Waals surface area contributed by atoms with E-state index < -0.39 is 0 Å². The van der Waals surface area contributed by atoms with Crippen molar-refractivity contribution in [1.82, 2.24) is 4.98 Å². The van der Waals surface area contributed by atoms with E-state index in [-0.39, 0.29) is 0 Å². The Hall–Kier alpha value is -1.74. The van der Waals surface area contributed by atoms with Crippen LogP contribution in [0.4, 0.5) is 5.69 Å². The molecule has 16 heavy (non-hydrogen) atoms. The third-order valence-corrected chi connectivity index (χ3v) is 2.39. The first-order valence-corrected chi connectivity index (χ1v) is 5.24. The summed E-state index contributed by atoms with van der Waals surface area (Å²) in [4.78, 5) is 4.26. The van der Waals surface area contributed by atoms with Crippen LogP contribution in [0.25, 0.3) is 11.5 Å². The van der Waals surface area contributed by atoms with Crippen LogP contribution in [0.2, 0.25) is 5.02 Å². The molecule has 2 aromatic rings. The van der Waals surface area contributed by atoms with E-state index in [0.29, 0.717) is 23.0 Å². The van der Waals surface area contributed by atoms with E-state index in [4.69, 9.17) is 16.0 Å². The molecule has 0 spiro atoms. The number of nitrogens with zero attached hydrogens (tertiary/aromatic N) is 1. The van der Waals surface area contributed by atoms with E-state index >= 15 is 0 Å². The molecule has 2 heterocycles. The van der Waals surface area contributed by atoms with Gasteiger partial charge in [-0.15, -0.1) is 6.58 Å². The molecule has 0 saturated carbocycles. The lowest BCUT2D eigenvalue weighted by Crippen LogP contribution is -2.01. The number of hydrogen-bond acceptors (Lipinski definition) is 3. The molecule has 0 saturated heterocycles. The van der Waals surface area contributed by atoms with Gasteiger partial charge in [0.05, 0.1) is 17.0 Å². The fourth-order valence-corrected chi connectivity index (χ4v) is 1.59. The first-order chi connectivity index (χ1) is 7.83. The van der Waals surface area contributed by atoms with E-state index in [1.807, 2.05) is 12.1 Å². The van der Waals surface area contributed by atoms with Gasteiger partial charge in [-0.3, -0.25) is 4.98 Å². The van der Waals surface area contributed by atoms with E-state index in [2.05, 4.69) is 16.9 Å². The quantitative estimate of drug-likeness (QED) is 0.822. The van der Waals surface area contributed by atoms with Gasteiger partial charge in [-0.1, -0.05) is 17.7 Å². The Balaban J connectivity index is 2.44. The second kappa shape index (κ2) is 4.86. The third kappa shape index (κ3) is 2.09. The highest BCUT2D eigenvalue weighted by molar-refractivity contribution is 6.33. The number of rotatable bonds is 4. The molecule has 3 nitrogen and oxygen atoms in total. The molecule has 0 radical (unpaired) electrons. The molecule has 0 fully saturated rings. The van der Waals surface area contributed by atoms with Crippen LogP contribution in [0.15, 0.2) is 47.7 Å². The molecular formula is C12H11ClN2O. The summed E-state index contributed by atoms with van der Waals surface area (Å²) in [5.74, 6) is 0.689. The fraction of sp³-hybridized carbons (Fsp3) is 0.0833. The molecule has 2 rings (SSSR count). The molecule has 0 aromatic carbocycles. The Bertz CT molecular complexity index is 480. The number of furan rings is 1. The summed E-state index contributed by atoms with van der Waals surface area (Å²) >= 11 is 6.10. The highest BCUT2D eigenvalue weighted by Crippen LogP contribution is 2.31. The summed E-state index contributed by atoms with van der Waals surface area (Å²) < 4.78 is 5.31. The van der Waals surface area contributed by atoms with Gasteiger partial charge in [-0.2, -0.15) is 0 Å². The number of aromatic nitrogens is 1. The second-order valence-corrected chi connectivity index (χ2v) is 3.57. The molecule has 4 heteroatoms. The number of halogens is 1. The molecule has 0 amide bonds. The van der Waals surface area contributed by atoms with Gasteiger partial charge in [0.1, 0.15) is 5.69 Å². The van der Waals surface area contributed by atoms with Crippen molar-refractivity contribution < 1.29 is 4.42 Å². The zero-order valence-electron chi connectivity index (χ0n) is 8.61. The monoisotopic (exact) mass is 234 g/mol. The molecule has 1 N–H and O–H groups in total. The van der Waals surface area contributed by atoms with Crippen molar-refractivity contribution in [1.29, 1.82) is 0 Å². The minimum absolute atomic E-state index is 0.614. The Labute approximate surface area is 98.8 Å². The molecule has 0 atom stereocenters. The van der Waals surface area contributed by atoms with E-state index in [0.717, 1.165) is 5.69 Å². The molecule has 0 aliphatic heterocycles. The van der Waals surface area contributed by atoms with Crippen LogP contribution in [0, 0.1) is 0 Å². The van der Waals surface area contributed by atoms with Crippen LogP contribution >= 0.6 is 11.6 Å². The van der Waals surface area contributed by atoms with Crippen molar-refractivity contribution in [3.8, 4) is 11.5 Å². The summed E-state index contributed by atoms with van der Waals surface area (Å²) in [5, 5.41) is 3.76. The van der Waals surface area contributed by atoms with Crippen LogP contribution in [-0.4, -0.2) is 11.5 Å². The highest BCUT2D eigenvalue weighted by Gasteiger charge is 2.11. The zero-order chi connectivity index (χ0) is 11.4. The van der Waals surface area contributed by atoms with Gasteiger partial charge in [0.25, 0.3) is 0 Å². The maximum Gasteiger partial charge on any atom is 0.154 e. The summed E-state index contributed by atoms with van der Waals surface area (Å²) in [5.41, 5.74) is 1.47. The lowest BCUT2D eigenvalue weighted by atomic mass is 10.2. The van der Waals surface area contributed by atoms with Gasteiger partial charge >= 0.3 is 0 Å². The van der Waals surface area contributed by atoms with E-state index in [9.17, 15) is 0 Å². The standard InChI is InChI=1S/C12H11ClN2O/c1-2-6-14-11-9(13)5-7-15-12(11)10-4-3-8-16-10/h2-5,7-8,14H,1,6H2. The fourth-order valence-electron chi connectivity index (χ4n) is 1.38. The maximum atomic E-state index is 6.10. The van der Waals surface area contributed by atoms with Crippen LogP contribution < -0.4 is 5.32 Å². The van der Waals surface area contributed by atoms with Crippen molar-refractivity contribution >= 4 is 17.3 Å². The van der Waals surface area contributed by atoms with Gasteiger partial charge in [-0.25, -0.2) is 0 Å². The van der Waals surface area contributed by atoms with Crippen molar-refractivity contribution in [3.63, 3.8) is 0 Å². The Morgan fingerprint density at radius 3 is 3.06 bits per heavy atom. The van der Waals surface area contributed by atoms with Crippen LogP contribution in [0.5, 0.6) is 0 Å². The lowest BCUT2D eigenvalue weighted by molar-refractivity contribution is 0.580. The second-order valence-electron chi connectivity index (χ2n) is 3.16. The number of nitrogens with one attached hydrogen (secondary N) is 1. The molecule has 0 aliphatic rings. The summed E-state index contributed by atoms with van der Waals surface area (Å²) in [6.07, 6.45) is 5.02. The van der Waals surface area contributed by atoms with E-state index in [1.54, 1.807) is 24.6 Å². The molecule has 0 bridgehead atoms. The minimum atomic E-state index is 0.614. The Morgan fingerprint density at radius 2 is 2.38 bits per heavy atom. The first kappa shape index (κ1) is 10.8. The van der Waals surface area contributed by atoms with Crippen molar-refractivity contribution in [3.05, 3.63) is 48.3 Å². The average molecular weight is 235 g/mol. The third-order valence-electron chi connectivity index (χ3n) is 2.08. The van der Waals surface area contributed by atoms with Gasteiger partial charge < -0.3 is 9.73 Å². The average Bonchev–Trinajstić information content (AvgIpc) is 2.80. The maximum absolute atomic E-state index is 6.10. The normalized spacial score (nSPS) is 10.1. The SMILES string of the molecule is C=CCNc1c(Cl)ccnc1-c1ccco1. The van der Waals surface area contributed by atoms with Crippen molar-refractivity contribution in [2.24, 2.45) is 0 Å². The van der Waals surface area contributed by atoms with Gasteiger partial charge in [0, 0.05) is 12.7 Å². The zero-order valence-corrected chi connectivity index (χ0v) is 9.37. The van der Waals surface area contributed by atoms with Crippen LogP contribution in [0.1, 0.15) is 0 Å². The topological polar surface area (TPSA) is 38.1 Å². The number of pyridine rings is 1. The predicted molar refractivity (Wildman–Crippen MR) is 65.6 cm³/mol. The molecule has 82 valence electrons. The van der Waals surface area contributed by atoms with E-state index in [1.165, 1.54) is 0 Å². The van der Waals surface area contributed by atoms with Gasteiger partial charge in [0.2, 0.25) is 0 Å². The van der Waals surface area contributed by atoms with Gasteiger partial charge in [0.15, 0.2) is 5.76 Å². The summed E-state index contributed by atoms with van der Waals surface area (Å²) in [7, 11) is 0. The van der Waals surface area contributed by atoms with Crippen LogP contribution in [0.3, 0.4) is 0 Å². The molecule has 0 aliphatic carbocycles. The summed E-state index contributed by atoms with van der Waals surface area (Å²) in [6, 6.07) is 5.40. The van der Waals surface area contributed by atoms with Crippen molar-refractivity contribution in [2.45, 2.75) is 0 Å². The smallest absolute Gasteiger partial charge is 0.154 e. The Morgan fingerprint density at radius 1 is 1.50 bits per heavy atom. The molecule has 2 aromatic heterocycles. The van der Waals surface area contributed by atoms with Crippen LogP contribution in [-0.2, 0) is 0 Å². The van der Waals surface area contributed by atoms with Gasteiger partial charge in [-0.05, 0) is 18.2 Å². The number of hydrogen-bond donors (Lipinski definition) is 1. The largest absolute Gasteiger partial charge is 0.463 e. The first-order valence-electron chi connectivity index (χ1n) is 4.86. The highest BCUT2D eigenvalue weighted by atomic mass is 35.5. The molecular weight excluding hydrogens is 224 g/mol. The predicted octanol–water partition coefficient (Wildman–Crippen LogP) is 3.59. The van der Waals surface area contributed by atoms with Crippen molar-refractivity contribution in [2.75, 3.05) is 11.9 Å². The Kier molecular flexibility index (Phi) is 3.27. The molecule has 0 unspecified atom stereocenters. The number of anilines is 1. The summed E-state index contributed by atoms with van der Waals surface area (Å²) in [6.45, 7) is 4.27. The minimum Gasteiger partial charge on any atom is -0.463 e.